The number of carbonyl (C=O) groups excluding carboxylic acids is 1. The number of nitrogens with two attached hydrogens (primary N) is 1. The molecule has 0 unspecified atom stereocenters. The largest absolute Gasteiger partial charge is 0.398 e. The Morgan fingerprint density at radius 3 is 2.94 bits per heavy atom. The van der Waals surface area contributed by atoms with Crippen LogP contribution in [0.5, 0.6) is 0 Å². The van der Waals surface area contributed by atoms with Gasteiger partial charge < -0.3 is 11.1 Å². The average molecular weight is 252 g/mol. The maximum atomic E-state index is 11.5. The first-order valence-electron chi connectivity index (χ1n) is 5.89. The van der Waals surface area contributed by atoms with Crippen molar-refractivity contribution in [1.82, 2.24) is 5.32 Å². The van der Waals surface area contributed by atoms with E-state index in [1.54, 1.807) is 0 Å². The second kappa shape index (κ2) is 7.22. The summed E-state index contributed by atoms with van der Waals surface area (Å²) in [7, 11) is 0. The van der Waals surface area contributed by atoms with Gasteiger partial charge in [-0.3, -0.25) is 4.79 Å². The monoisotopic (exact) mass is 252 g/mol. The van der Waals surface area contributed by atoms with E-state index in [1.807, 2.05) is 25.1 Å². The third-order valence-corrected chi connectivity index (χ3v) is 3.70. The van der Waals surface area contributed by atoms with Crippen LogP contribution in [-0.4, -0.2) is 18.2 Å². The standard InChI is InChI=1S/C13H20N2OS/c1-3-4-8-15-13(16)9-17-12-7-5-6-11(14)10(12)2/h5-7H,3-4,8-9,14H2,1-2H3,(H,15,16). The van der Waals surface area contributed by atoms with Gasteiger partial charge in [0, 0.05) is 17.1 Å². The first-order valence-corrected chi connectivity index (χ1v) is 6.88. The van der Waals surface area contributed by atoms with Gasteiger partial charge in [-0.2, -0.15) is 0 Å². The fraction of sp³-hybridized carbons (Fsp3) is 0.462. The molecule has 4 heteroatoms. The van der Waals surface area contributed by atoms with E-state index in [0.29, 0.717) is 5.75 Å². The molecule has 0 atom stereocenters. The first-order chi connectivity index (χ1) is 8.15. The minimum absolute atomic E-state index is 0.0882. The Kier molecular flexibility index (Phi) is 5.91. The maximum absolute atomic E-state index is 11.5. The smallest absolute Gasteiger partial charge is 0.230 e. The molecule has 0 saturated heterocycles. The van der Waals surface area contributed by atoms with Crippen molar-refractivity contribution in [2.75, 3.05) is 18.0 Å². The Bertz CT molecular complexity index is 380. The van der Waals surface area contributed by atoms with E-state index in [-0.39, 0.29) is 5.91 Å². The highest BCUT2D eigenvalue weighted by Gasteiger charge is 2.05. The molecule has 0 aromatic heterocycles. The summed E-state index contributed by atoms with van der Waals surface area (Å²) in [6.45, 7) is 4.86. The molecule has 0 radical (unpaired) electrons. The van der Waals surface area contributed by atoms with Crippen molar-refractivity contribution in [3.63, 3.8) is 0 Å². The third-order valence-electron chi connectivity index (χ3n) is 2.54. The van der Waals surface area contributed by atoms with E-state index in [1.165, 1.54) is 11.8 Å². The zero-order chi connectivity index (χ0) is 12.7. The van der Waals surface area contributed by atoms with Crippen LogP contribution in [0.1, 0.15) is 25.3 Å². The number of rotatable bonds is 6. The number of nitrogen functional groups attached to an aromatic ring is 1. The molecule has 1 aromatic rings. The summed E-state index contributed by atoms with van der Waals surface area (Å²) in [5, 5.41) is 2.90. The summed E-state index contributed by atoms with van der Waals surface area (Å²) in [5.74, 6) is 0.541. The lowest BCUT2D eigenvalue weighted by Gasteiger charge is -2.08. The lowest BCUT2D eigenvalue weighted by molar-refractivity contribution is -0.118. The molecule has 0 aliphatic heterocycles. The van der Waals surface area contributed by atoms with Crippen molar-refractivity contribution >= 4 is 23.4 Å². The van der Waals surface area contributed by atoms with Crippen LogP contribution in [0.3, 0.4) is 0 Å². The quantitative estimate of drug-likeness (QED) is 0.465. The Morgan fingerprint density at radius 1 is 1.47 bits per heavy atom. The van der Waals surface area contributed by atoms with Gasteiger partial charge in [0.05, 0.1) is 5.75 Å². The predicted octanol–water partition coefficient (Wildman–Crippen LogP) is 2.59. The molecule has 1 amide bonds. The number of hydrogen-bond acceptors (Lipinski definition) is 3. The third kappa shape index (κ3) is 4.69. The lowest BCUT2D eigenvalue weighted by atomic mass is 10.2. The summed E-state index contributed by atoms with van der Waals surface area (Å²) in [6.07, 6.45) is 2.13. The number of amides is 1. The molecule has 1 aromatic carbocycles. The van der Waals surface area contributed by atoms with E-state index in [2.05, 4.69) is 12.2 Å². The highest BCUT2D eigenvalue weighted by Crippen LogP contribution is 2.25. The Morgan fingerprint density at radius 2 is 2.24 bits per heavy atom. The van der Waals surface area contributed by atoms with Crippen LogP contribution in [0, 0.1) is 6.92 Å². The van der Waals surface area contributed by atoms with Gasteiger partial charge in [-0.1, -0.05) is 19.4 Å². The SMILES string of the molecule is CCCCNC(=O)CSc1cccc(N)c1C. The minimum Gasteiger partial charge on any atom is -0.398 e. The number of thioether (sulfide) groups is 1. The first kappa shape index (κ1) is 13.9. The van der Waals surface area contributed by atoms with Crippen LogP contribution in [0.4, 0.5) is 5.69 Å². The summed E-state index contributed by atoms with van der Waals surface area (Å²) in [6, 6.07) is 5.79. The number of carbonyl (C=O) groups is 1. The number of nitrogens with one attached hydrogen (secondary N) is 1. The lowest BCUT2D eigenvalue weighted by Crippen LogP contribution is -2.26. The van der Waals surface area contributed by atoms with Gasteiger partial charge in [-0.25, -0.2) is 0 Å². The topological polar surface area (TPSA) is 55.1 Å². The average Bonchev–Trinajstić information content (AvgIpc) is 2.31. The molecule has 0 saturated carbocycles. The molecule has 0 spiro atoms. The van der Waals surface area contributed by atoms with E-state index in [0.717, 1.165) is 35.5 Å². The molecule has 3 N–H and O–H groups in total. The van der Waals surface area contributed by atoms with E-state index in [4.69, 9.17) is 5.73 Å². The minimum atomic E-state index is 0.0882. The Balaban J connectivity index is 2.39. The molecular formula is C13H20N2OS. The number of benzene rings is 1. The van der Waals surface area contributed by atoms with Crippen LogP contribution in [-0.2, 0) is 4.79 Å². The van der Waals surface area contributed by atoms with Crippen molar-refractivity contribution in [1.29, 1.82) is 0 Å². The Labute approximate surface area is 107 Å². The van der Waals surface area contributed by atoms with Crippen LogP contribution in [0.15, 0.2) is 23.1 Å². The summed E-state index contributed by atoms with van der Waals surface area (Å²) >= 11 is 1.54. The zero-order valence-corrected chi connectivity index (χ0v) is 11.3. The van der Waals surface area contributed by atoms with Gasteiger partial charge in [0.1, 0.15) is 0 Å². The van der Waals surface area contributed by atoms with Crippen molar-refractivity contribution in [2.24, 2.45) is 0 Å². The van der Waals surface area contributed by atoms with E-state index < -0.39 is 0 Å². The van der Waals surface area contributed by atoms with Crippen molar-refractivity contribution in [2.45, 2.75) is 31.6 Å². The highest BCUT2D eigenvalue weighted by atomic mass is 32.2. The zero-order valence-electron chi connectivity index (χ0n) is 10.5. The van der Waals surface area contributed by atoms with Crippen molar-refractivity contribution in [3.05, 3.63) is 23.8 Å². The molecule has 0 bridgehead atoms. The van der Waals surface area contributed by atoms with Gasteiger partial charge in [0.2, 0.25) is 5.91 Å². The highest BCUT2D eigenvalue weighted by molar-refractivity contribution is 8.00. The molecule has 0 heterocycles. The molecule has 0 fully saturated rings. The van der Waals surface area contributed by atoms with Gasteiger partial charge in [0.15, 0.2) is 0 Å². The van der Waals surface area contributed by atoms with Gasteiger partial charge in [-0.05, 0) is 31.0 Å². The molecule has 3 nitrogen and oxygen atoms in total. The Hall–Kier alpha value is -1.16. The van der Waals surface area contributed by atoms with Crippen LogP contribution in [0.2, 0.25) is 0 Å². The van der Waals surface area contributed by atoms with Crippen LogP contribution < -0.4 is 11.1 Å². The summed E-state index contributed by atoms with van der Waals surface area (Å²) < 4.78 is 0. The van der Waals surface area contributed by atoms with Crippen molar-refractivity contribution in [3.8, 4) is 0 Å². The molecule has 0 aliphatic rings. The van der Waals surface area contributed by atoms with Crippen LogP contribution >= 0.6 is 11.8 Å². The number of unbranched alkanes of at least 4 members (excludes halogenated alkanes) is 1. The molecule has 0 aliphatic carbocycles. The van der Waals surface area contributed by atoms with Gasteiger partial charge in [0.25, 0.3) is 0 Å². The fourth-order valence-electron chi connectivity index (χ4n) is 1.39. The number of anilines is 1. The van der Waals surface area contributed by atoms with Gasteiger partial charge >= 0.3 is 0 Å². The maximum Gasteiger partial charge on any atom is 0.230 e. The summed E-state index contributed by atoms with van der Waals surface area (Å²) in [5.41, 5.74) is 7.64. The van der Waals surface area contributed by atoms with Crippen molar-refractivity contribution < 1.29 is 4.79 Å². The second-order valence-corrected chi connectivity index (χ2v) is 4.98. The normalized spacial score (nSPS) is 10.2. The van der Waals surface area contributed by atoms with Crippen LogP contribution in [0.25, 0.3) is 0 Å². The fourth-order valence-corrected chi connectivity index (χ4v) is 2.28. The van der Waals surface area contributed by atoms with E-state index in [9.17, 15) is 4.79 Å². The molecular weight excluding hydrogens is 232 g/mol. The predicted molar refractivity (Wildman–Crippen MR) is 74.2 cm³/mol. The second-order valence-electron chi connectivity index (χ2n) is 3.96. The van der Waals surface area contributed by atoms with E-state index >= 15 is 0 Å². The summed E-state index contributed by atoms with van der Waals surface area (Å²) in [4.78, 5) is 12.6. The van der Waals surface area contributed by atoms with Gasteiger partial charge in [-0.15, -0.1) is 11.8 Å². The molecule has 17 heavy (non-hydrogen) atoms. The molecule has 1 rings (SSSR count). The number of hydrogen-bond donors (Lipinski definition) is 2. The molecule has 94 valence electrons.